The highest BCUT2D eigenvalue weighted by molar-refractivity contribution is 6.32. The van der Waals surface area contributed by atoms with E-state index in [0.717, 1.165) is 28.1 Å². The molecule has 1 aliphatic rings. The fraction of sp³-hybridized carbons (Fsp3) is 0.0909. The molecule has 1 N–H and O–H groups in total. The van der Waals surface area contributed by atoms with E-state index in [9.17, 15) is 4.79 Å². The number of nitrogens with one attached hydrogen (secondary N) is 1. The molecule has 0 radical (unpaired) electrons. The normalized spacial score (nSPS) is 16.3. The van der Waals surface area contributed by atoms with E-state index in [1.54, 1.807) is 6.07 Å². The summed E-state index contributed by atoms with van der Waals surface area (Å²) in [5, 5.41) is 3.62. The van der Waals surface area contributed by atoms with Crippen LogP contribution < -0.4 is 5.32 Å². The Balaban J connectivity index is 1.83. The Morgan fingerprint density at radius 1 is 0.923 bits per heavy atom. The number of benzodiazepines with no additional fused rings is 1. The number of benzene rings is 3. The summed E-state index contributed by atoms with van der Waals surface area (Å²) >= 11 is 6.22. The van der Waals surface area contributed by atoms with Crippen LogP contribution in [0.4, 0.5) is 5.69 Å². The molecular formula is C22H17ClN2O. The van der Waals surface area contributed by atoms with Gasteiger partial charge < -0.3 is 5.32 Å². The van der Waals surface area contributed by atoms with Gasteiger partial charge in [-0.25, -0.2) is 0 Å². The van der Waals surface area contributed by atoms with Gasteiger partial charge in [0.1, 0.15) is 6.04 Å². The number of hydrogen-bond acceptors (Lipinski definition) is 2. The summed E-state index contributed by atoms with van der Waals surface area (Å²) in [6, 6.07) is 24.8. The van der Waals surface area contributed by atoms with Gasteiger partial charge in [0.25, 0.3) is 0 Å². The fourth-order valence-corrected chi connectivity index (χ4v) is 3.30. The molecule has 0 fully saturated rings. The van der Waals surface area contributed by atoms with E-state index in [-0.39, 0.29) is 5.91 Å². The Kier molecular flexibility index (Phi) is 4.55. The molecule has 0 aromatic heterocycles. The van der Waals surface area contributed by atoms with Gasteiger partial charge in [-0.2, -0.15) is 0 Å². The van der Waals surface area contributed by atoms with Crippen molar-refractivity contribution in [2.45, 2.75) is 12.5 Å². The first-order valence-corrected chi connectivity index (χ1v) is 8.86. The van der Waals surface area contributed by atoms with E-state index >= 15 is 0 Å². The summed E-state index contributed by atoms with van der Waals surface area (Å²) in [5.41, 5.74) is 4.39. The van der Waals surface area contributed by atoms with Gasteiger partial charge >= 0.3 is 0 Å². The molecule has 0 bridgehead atoms. The first-order chi connectivity index (χ1) is 12.7. The number of fused-ring (bicyclic) bond motifs is 1. The van der Waals surface area contributed by atoms with Crippen LogP contribution in [0.2, 0.25) is 5.02 Å². The van der Waals surface area contributed by atoms with Crippen LogP contribution in [-0.2, 0) is 11.2 Å². The van der Waals surface area contributed by atoms with Gasteiger partial charge in [-0.15, -0.1) is 0 Å². The van der Waals surface area contributed by atoms with E-state index in [2.05, 4.69) is 5.32 Å². The average molecular weight is 361 g/mol. The van der Waals surface area contributed by atoms with Gasteiger partial charge in [0.05, 0.1) is 11.4 Å². The maximum Gasteiger partial charge on any atom is 0.249 e. The van der Waals surface area contributed by atoms with Crippen molar-refractivity contribution in [3.8, 4) is 0 Å². The molecule has 3 aromatic carbocycles. The van der Waals surface area contributed by atoms with Gasteiger partial charge in [0.2, 0.25) is 5.91 Å². The first kappa shape index (κ1) is 16.6. The molecule has 0 saturated carbocycles. The molecule has 0 aliphatic carbocycles. The van der Waals surface area contributed by atoms with E-state index in [1.807, 2.05) is 72.8 Å². The topological polar surface area (TPSA) is 41.5 Å². The Hall–Kier alpha value is -2.91. The number of nitrogens with zero attached hydrogens (tertiary/aromatic N) is 1. The first-order valence-electron chi connectivity index (χ1n) is 8.48. The predicted molar refractivity (Wildman–Crippen MR) is 106 cm³/mol. The number of anilines is 1. The van der Waals surface area contributed by atoms with Gasteiger partial charge in [-0.1, -0.05) is 72.3 Å². The molecule has 0 unspecified atom stereocenters. The van der Waals surface area contributed by atoms with Crippen LogP contribution in [-0.4, -0.2) is 17.7 Å². The Bertz CT molecular complexity index is 968. The lowest BCUT2D eigenvalue weighted by molar-refractivity contribution is -0.117. The van der Waals surface area contributed by atoms with E-state index < -0.39 is 6.04 Å². The van der Waals surface area contributed by atoms with Crippen molar-refractivity contribution in [1.29, 1.82) is 0 Å². The summed E-state index contributed by atoms with van der Waals surface area (Å²) in [6.07, 6.45) is 0.546. The predicted octanol–water partition coefficient (Wildman–Crippen LogP) is 4.74. The molecule has 0 saturated heterocycles. The van der Waals surface area contributed by atoms with Crippen LogP contribution in [0, 0.1) is 0 Å². The SMILES string of the molecule is O=C1Nc2ccc(Cl)cc2C(c2ccccc2)=N[C@@H]1Cc1ccccc1. The summed E-state index contributed by atoms with van der Waals surface area (Å²) in [4.78, 5) is 17.6. The number of rotatable bonds is 3. The standard InChI is InChI=1S/C22H17ClN2O/c23-17-11-12-19-18(14-17)21(16-9-5-2-6-10-16)24-20(22(26)25-19)13-15-7-3-1-4-8-15/h1-12,14,20H,13H2,(H,25,26)/t20-/m1/s1. The van der Waals surface area contributed by atoms with Crippen LogP contribution in [0.15, 0.2) is 83.9 Å². The lowest BCUT2D eigenvalue weighted by atomic mass is 10.0. The van der Waals surface area contributed by atoms with Gasteiger partial charge in [0, 0.05) is 22.6 Å². The second kappa shape index (κ2) is 7.14. The van der Waals surface area contributed by atoms with Gasteiger partial charge in [0.15, 0.2) is 0 Å². The highest BCUT2D eigenvalue weighted by atomic mass is 35.5. The minimum absolute atomic E-state index is 0.108. The van der Waals surface area contributed by atoms with E-state index in [1.165, 1.54) is 0 Å². The number of halogens is 1. The summed E-state index contributed by atoms with van der Waals surface area (Å²) in [6.45, 7) is 0. The molecule has 3 nitrogen and oxygen atoms in total. The molecule has 26 heavy (non-hydrogen) atoms. The number of carbonyl (C=O) groups is 1. The molecule has 4 heteroatoms. The second-order valence-corrected chi connectivity index (χ2v) is 6.66. The lowest BCUT2D eigenvalue weighted by Gasteiger charge is -2.11. The zero-order chi connectivity index (χ0) is 17.9. The molecular weight excluding hydrogens is 344 g/mol. The van der Waals surface area contributed by atoms with Crippen molar-refractivity contribution >= 4 is 28.9 Å². The molecule has 1 aliphatic heterocycles. The summed E-state index contributed by atoms with van der Waals surface area (Å²) < 4.78 is 0. The maximum atomic E-state index is 12.8. The number of hydrogen-bond donors (Lipinski definition) is 1. The van der Waals surface area contributed by atoms with Crippen molar-refractivity contribution in [1.82, 2.24) is 0 Å². The van der Waals surface area contributed by atoms with Crippen LogP contribution in [0.1, 0.15) is 16.7 Å². The molecule has 1 amide bonds. The van der Waals surface area contributed by atoms with Gasteiger partial charge in [-0.05, 0) is 23.8 Å². The van der Waals surface area contributed by atoms with Gasteiger partial charge in [-0.3, -0.25) is 9.79 Å². The highest BCUT2D eigenvalue weighted by Crippen LogP contribution is 2.28. The maximum absolute atomic E-state index is 12.8. The third-order valence-electron chi connectivity index (χ3n) is 4.40. The van der Waals surface area contributed by atoms with Crippen LogP contribution in [0.5, 0.6) is 0 Å². The fourth-order valence-electron chi connectivity index (χ4n) is 3.12. The molecule has 4 rings (SSSR count). The highest BCUT2D eigenvalue weighted by Gasteiger charge is 2.26. The molecule has 1 heterocycles. The van der Waals surface area contributed by atoms with Crippen molar-refractivity contribution in [2.24, 2.45) is 4.99 Å². The lowest BCUT2D eigenvalue weighted by Crippen LogP contribution is -2.27. The van der Waals surface area contributed by atoms with E-state index in [4.69, 9.17) is 16.6 Å². The monoisotopic (exact) mass is 360 g/mol. The zero-order valence-corrected chi connectivity index (χ0v) is 14.8. The summed E-state index contributed by atoms with van der Waals surface area (Å²) in [5.74, 6) is -0.108. The van der Waals surface area contributed by atoms with E-state index in [0.29, 0.717) is 11.4 Å². The quantitative estimate of drug-likeness (QED) is 0.720. The molecule has 1 atom stereocenters. The summed E-state index contributed by atoms with van der Waals surface area (Å²) in [7, 11) is 0. The average Bonchev–Trinajstić information content (AvgIpc) is 2.80. The van der Waals surface area contributed by atoms with Crippen molar-refractivity contribution < 1.29 is 4.79 Å². The Morgan fingerprint density at radius 3 is 2.35 bits per heavy atom. The molecule has 0 spiro atoms. The molecule has 128 valence electrons. The van der Waals surface area contributed by atoms with Crippen molar-refractivity contribution in [3.63, 3.8) is 0 Å². The largest absolute Gasteiger partial charge is 0.324 e. The van der Waals surface area contributed by atoms with Crippen LogP contribution in [0.3, 0.4) is 0 Å². The Labute approximate surface area is 157 Å². The Morgan fingerprint density at radius 2 is 1.62 bits per heavy atom. The number of carbonyl (C=O) groups excluding carboxylic acids is 1. The third-order valence-corrected chi connectivity index (χ3v) is 4.64. The smallest absolute Gasteiger partial charge is 0.249 e. The van der Waals surface area contributed by atoms with Crippen molar-refractivity contribution in [2.75, 3.05) is 5.32 Å². The van der Waals surface area contributed by atoms with Crippen LogP contribution in [0.25, 0.3) is 0 Å². The zero-order valence-electron chi connectivity index (χ0n) is 14.0. The minimum Gasteiger partial charge on any atom is -0.324 e. The number of amides is 1. The number of aliphatic imine (C=N–C) groups is 1. The minimum atomic E-state index is -0.501. The second-order valence-electron chi connectivity index (χ2n) is 6.23. The van der Waals surface area contributed by atoms with Crippen LogP contribution >= 0.6 is 11.6 Å². The molecule has 3 aromatic rings. The van der Waals surface area contributed by atoms with Crippen molar-refractivity contribution in [3.05, 3.63) is 101 Å². The third kappa shape index (κ3) is 3.39.